The predicted octanol–water partition coefficient (Wildman–Crippen LogP) is 3.31. The van der Waals surface area contributed by atoms with E-state index in [0.717, 1.165) is 18.7 Å². The van der Waals surface area contributed by atoms with Crippen LogP contribution in [0.3, 0.4) is 0 Å². The molecule has 0 unspecified atom stereocenters. The van der Waals surface area contributed by atoms with Crippen molar-refractivity contribution >= 4 is 0 Å². The number of benzene rings is 1. The number of rotatable bonds is 6. The van der Waals surface area contributed by atoms with Crippen LogP contribution in [0.2, 0.25) is 0 Å². The standard InChI is InChI=1S/C16H23N3O/c1-5-16(13-7-6-8-14(9-13)20-4)19(3)11-15-12(2)10-17-18-15/h6-10,16H,5,11H2,1-4H3,(H,17,18)/t16-/m0/s1. The van der Waals surface area contributed by atoms with Crippen LogP contribution in [0.25, 0.3) is 0 Å². The van der Waals surface area contributed by atoms with Gasteiger partial charge in [0.15, 0.2) is 0 Å². The number of aryl methyl sites for hydroxylation is 1. The maximum atomic E-state index is 5.32. The minimum atomic E-state index is 0.368. The second-order valence-corrected chi connectivity index (χ2v) is 5.15. The third kappa shape index (κ3) is 3.20. The van der Waals surface area contributed by atoms with Crippen LogP contribution in [0.5, 0.6) is 5.75 Å². The molecule has 0 saturated carbocycles. The van der Waals surface area contributed by atoms with Crippen molar-refractivity contribution in [3.8, 4) is 5.75 Å². The number of nitrogens with one attached hydrogen (secondary N) is 1. The van der Waals surface area contributed by atoms with Gasteiger partial charge >= 0.3 is 0 Å². The summed E-state index contributed by atoms with van der Waals surface area (Å²) < 4.78 is 5.32. The Kier molecular flexibility index (Phi) is 4.79. The van der Waals surface area contributed by atoms with E-state index in [1.54, 1.807) is 7.11 Å². The Balaban J connectivity index is 2.16. The molecule has 1 aromatic heterocycles. The highest BCUT2D eigenvalue weighted by Crippen LogP contribution is 2.27. The van der Waals surface area contributed by atoms with E-state index in [1.807, 2.05) is 18.3 Å². The van der Waals surface area contributed by atoms with Crippen LogP contribution in [0.1, 0.15) is 36.2 Å². The molecular weight excluding hydrogens is 250 g/mol. The first-order valence-corrected chi connectivity index (χ1v) is 6.98. The van der Waals surface area contributed by atoms with Crippen LogP contribution in [0.15, 0.2) is 30.5 Å². The molecule has 0 fully saturated rings. The highest BCUT2D eigenvalue weighted by molar-refractivity contribution is 5.30. The fourth-order valence-corrected chi connectivity index (χ4v) is 2.54. The van der Waals surface area contributed by atoms with Gasteiger partial charge in [0.05, 0.1) is 19.0 Å². The lowest BCUT2D eigenvalue weighted by Gasteiger charge is -2.27. The Bertz CT molecular complexity index is 550. The van der Waals surface area contributed by atoms with Crippen LogP contribution in [-0.2, 0) is 6.54 Å². The van der Waals surface area contributed by atoms with Gasteiger partial charge in [-0.25, -0.2) is 0 Å². The minimum Gasteiger partial charge on any atom is -0.497 e. The lowest BCUT2D eigenvalue weighted by Crippen LogP contribution is -2.24. The summed E-state index contributed by atoms with van der Waals surface area (Å²) in [6, 6.07) is 8.67. The molecule has 1 atom stereocenters. The zero-order valence-electron chi connectivity index (χ0n) is 12.7. The number of hydrogen-bond donors (Lipinski definition) is 1. The molecule has 2 rings (SSSR count). The van der Waals surface area contributed by atoms with Crippen LogP contribution < -0.4 is 4.74 Å². The van der Waals surface area contributed by atoms with E-state index in [2.05, 4.69) is 48.1 Å². The summed E-state index contributed by atoms with van der Waals surface area (Å²) in [5.41, 5.74) is 3.66. The van der Waals surface area contributed by atoms with Crippen LogP contribution in [-0.4, -0.2) is 29.3 Å². The molecule has 0 aliphatic carbocycles. The van der Waals surface area contributed by atoms with Gasteiger partial charge < -0.3 is 4.74 Å². The largest absolute Gasteiger partial charge is 0.497 e. The molecule has 0 spiro atoms. The Hall–Kier alpha value is -1.81. The maximum absolute atomic E-state index is 5.32. The second kappa shape index (κ2) is 6.57. The fraction of sp³-hybridized carbons (Fsp3) is 0.438. The minimum absolute atomic E-state index is 0.368. The van der Waals surface area contributed by atoms with E-state index in [1.165, 1.54) is 16.8 Å². The third-order valence-electron chi connectivity index (χ3n) is 3.74. The predicted molar refractivity (Wildman–Crippen MR) is 80.8 cm³/mol. The van der Waals surface area contributed by atoms with Crippen molar-refractivity contribution in [3.05, 3.63) is 47.3 Å². The highest BCUT2D eigenvalue weighted by atomic mass is 16.5. The summed E-state index contributed by atoms with van der Waals surface area (Å²) in [6.45, 7) is 5.15. The van der Waals surface area contributed by atoms with Crippen molar-refractivity contribution in [2.24, 2.45) is 0 Å². The quantitative estimate of drug-likeness (QED) is 0.878. The van der Waals surface area contributed by atoms with E-state index in [9.17, 15) is 0 Å². The molecule has 108 valence electrons. The molecule has 1 aromatic carbocycles. The third-order valence-corrected chi connectivity index (χ3v) is 3.74. The number of hydrogen-bond acceptors (Lipinski definition) is 3. The van der Waals surface area contributed by atoms with E-state index < -0.39 is 0 Å². The molecule has 4 heteroatoms. The van der Waals surface area contributed by atoms with Crippen molar-refractivity contribution in [1.82, 2.24) is 15.1 Å². The van der Waals surface area contributed by atoms with Gasteiger partial charge in [0.1, 0.15) is 5.75 Å². The smallest absolute Gasteiger partial charge is 0.119 e. The number of methoxy groups -OCH3 is 1. The number of H-pyrrole nitrogens is 1. The zero-order chi connectivity index (χ0) is 14.5. The normalized spacial score (nSPS) is 12.7. The van der Waals surface area contributed by atoms with Gasteiger partial charge in [-0.05, 0) is 43.7 Å². The van der Waals surface area contributed by atoms with Gasteiger partial charge in [-0.3, -0.25) is 10.00 Å². The first-order chi connectivity index (χ1) is 9.65. The average Bonchev–Trinajstić information content (AvgIpc) is 2.85. The first kappa shape index (κ1) is 14.6. The van der Waals surface area contributed by atoms with Gasteiger partial charge in [-0.15, -0.1) is 0 Å². The topological polar surface area (TPSA) is 41.1 Å². The number of aromatic amines is 1. The monoisotopic (exact) mass is 273 g/mol. The van der Waals surface area contributed by atoms with Crippen molar-refractivity contribution in [1.29, 1.82) is 0 Å². The Morgan fingerprint density at radius 3 is 2.80 bits per heavy atom. The lowest BCUT2D eigenvalue weighted by molar-refractivity contribution is 0.227. The molecule has 1 N–H and O–H groups in total. The maximum Gasteiger partial charge on any atom is 0.119 e. The molecule has 20 heavy (non-hydrogen) atoms. The molecule has 0 saturated heterocycles. The molecule has 0 aliphatic heterocycles. The summed E-state index contributed by atoms with van der Waals surface area (Å²) in [7, 11) is 3.85. The number of ether oxygens (including phenoxy) is 1. The van der Waals surface area contributed by atoms with Crippen molar-refractivity contribution in [2.45, 2.75) is 32.9 Å². The Morgan fingerprint density at radius 1 is 1.40 bits per heavy atom. The molecule has 0 aliphatic rings. The van der Waals surface area contributed by atoms with Gasteiger partial charge in [0.2, 0.25) is 0 Å². The zero-order valence-corrected chi connectivity index (χ0v) is 12.7. The molecule has 0 bridgehead atoms. The summed E-state index contributed by atoms with van der Waals surface area (Å²) in [5.74, 6) is 0.909. The summed E-state index contributed by atoms with van der Waals surface area (Å²) in [5, 5.41) is 7.16. The van der Waals surface area contributed by atoms with Crippen molar-refractivity contribution in [3.63, 3.8) is 0 Å². The van der Waals surface area contributed by atoms with E-state index in [0.29, 0.717) is 6.04 Å². The molecule has 0 radical (unpaired) electrons. The van der Waals surface area contributed by atoms with E-state index in [4.69, 9.17) is 4.74 Å². The van der Waals surface area contributed by atoms with E-state index >= 15 is 0 Å². The van der Waals surface area contributed by atoms with E-state index in [-0.39, 0.29) is 0 Å². The summed E-state index contributed by atoms with van der Waals surface area (Å²) in [6.07, 6.45) is 2.92. The Labute approximate surface area is 120 Å². The van der Waals surface area contributed by atoms with Crippen molar-refractivity contribution < 1.29 is 4.74 Å². The van der Waals surface area contributed by atoms with Crippen molar-refractivity contribution in [2.75, 3.05) is 14.2 Å². The Morgan fingerprint density at radius 2 is 2.20 bits per heavy atom. The molecule has 1 heterocycles. The van der Waals surface area contributed by atoms with Crippen LogP contribution in [0, 0.1) is 6.92 Å². The van der Waals surface area contributed by atoms with Gasteiger partial charge in [0.25, 0.3) is 0 Å². The SMILES string of the molecule is CC[C@@H](c1cccc(OC)c1)N(C)Cc1[nH]ncc1C. The highest BCUT2D eigenvalue weighted by Gasteiger charge is 2.17. The second-order valence-electron chi connectivity index (χ2n) is 5.15. The number of nitrogens with zero attached hydrogens (tertiary/aromatic N) is 2. The number of aromatic nitrogens is 2. The van der Waals surface area contributed by atoms with Crippen LogP contribution in [0.4, 0.5) is 0 Å². The summed E-state index contributed by atoms with van der Waals surface area (Å²) in [4.78, 5) is 2.34. The molecular formula is C16H23N3O. The van der Waals surface area contributed by atoms with Gasteiger partial charge in [-0.2, -0.15) is 5.10 Å². The van der Waals surface area contributed by atoms with Gasteiger partial charge in [-0.1, -0.05) is 19.1 Å². The molecule has 2 aromatic rings. The summed E-state index contributed by atoms with van der Waals surface area (Å²) >= 11 is 0. The van der Waals surface area contributed by atoms with Crippen LogP contribution >= 0.6 is 0 Å². The lowest BCUT2D eigenvalue weighted by atomic mass is 10.0. The molecule has 4 nitrogen and oxygen atoms in total. The first-order valence-electron chi connectivity index (χ1n) is 6.98. The fourth-order valence-electron chi connectivity index (χ4n) is 2.54. The van der Waals surface area contributed by atoms with Gasteiger partial charge in [0, 0.05) is 12.6 Å². The average molecular weight is 273 g/mol. The molecule has 0 amide bonds.